The molecule has 1 aromatic heterocycles. The highest BCUT2D eigenvalue weighted by Gasteiger charge is 2.60. The van der Waals surface area contributed by atoms with Crippen LogP contribution in [-0.2, 0) is 10.2 Å². The molecule has 1 N–H and O–H groups in total. The number of carbonyl (C=O) groups is 1. The zero-order valence-electron chi connectivity index (χ0n) is 16.1. The van der Waals surface area contributed by atoms with Crippen LogP contribution in [0.5, 0.6) is 0 Å². The summed E-state index contributed by atoms with van der Waals surface area (Å²) >= 11 is 1.24. The maximum absolute atomic E-state index is 13.1. The van der Waals surface area contributed by atoms with Crippen molar-refractivity contribution in [1.29, 1.82) is 5.26 Å². The van der Waals surface area contributed by atoms with Crippen molar-refractivity contribution in [3.05, 3.63) is 47.0 Å². The number of benzene rings is 1. The Kier molecular flexibility index (Phi) is 4.28. The lowest BCUT2D eigenvalue weighted by Crippen LogP contribution is -2.59. The van der Waals surface area contributed by atoms with Crippen molar-refractivity contribution < 1.29 is 4.79 Å². The molecule has 5 heteroatoms. The molecule has 1 aromatic carbocycles. The molecule has 0 radical (unpaired) electrons. The quantitative estimate of drug-likeness (QED) is 0.799. The number of hydrogen-bond donors (Lipinski definition) is 1. The minimum atomic E-state index is -0.0617. The van der Waals surface area contributed by atoms with E-state index in [-0.39, 0.29) is 11.3 Å². The highest BCUT2D eigenvalue weighted by Crippen LogP contribution is 2.65. The zero-order chi connectivity index (χ0) is 19.3. The van der Waals surface area contributed by atoms with Crippen molar-refractivity contribution >= 4 is 22.4 Å². The second-order valence-corrected chi connectivity index (χ2v) is 10.0. The van der Waals surface area contributed by atoms with Crippen LogP contribution in [0, 0.1) is 40.9 Å². The Labute approximate surface area is 170 Å². The molecule has 4 saturated carbocycles. The molecule has 0 aliphatic heterocycles. The van der Waals surface area contributed by atoms with Gasteiger partial charge in [0.25, 0.3) is 0 Å². The minimum absolute atomic E-state index is 0.0308. The summed E-state index contributed by atoms with van der Waals surface area (Å²) in [7, 11) is 0. The number of nitrogens with one attached hydrogen (secondary N) is 1. The zero-order valence-corrected chi connectivity index (χ0v) is 16.9. The monoisotopic (exact) mass is 391 g/mol. The first-order chi connectivity index (χ1) is 13.6. The smallest absolute Gasteiger partial charge is 0.227 e. The van der Waals surface area contributed by atoms with Crippen molar-refractivity contribution in [1.82, 2.24) is 4.98 Å². The molecule has 0 unspecified atom stereocenters. The Balaban J connectivity index is 1.47. The molecule has 144 valence electrons. The van der Waals surface area contributed by atoms with Crippen LogP contribution in [0.3, 0.4) is 0 Å². The number of rotatable bonds is 4. The van der Waals surface area contributed by atoms with Gasteiger partial charge in [0.05, 0.1) is 6.20 Å². The second kappa shape index (κ2) is 6.70. The van der Waals surface area contributed by atoms with Crippen LogP contribution in [0.15, 0.2) is 36.5 Å². The van der Waals surface area contributed by atoms with Gasteiger partial charge in [-0.1, -0.05) is 48.6 Å². The molecule has 4 fully saturated rings. The van der Waals surface area contributed by atoms with E-state index in [1.807, 2.05) is 0 Å². The van der Waals surface area contributed by atoms with Gasteiger partial charge >= 0.3 is 0 Å². The summed E-state index contributed by atoms with van der Waals surface area (Å²) in [6.07, 6.45) is 7.07. The van der Waals surface area contributed by atoms with E-state index in [9.17, 15) is 4.79 Å². The van der Waals surface area contributed by atoms with Gasteiger partial charge in [-0.15, -0.1) is 0 Å². The van der Waals surface area contributed by atoms with Crippen LogP contribution in [-0.4, -0.2) is 10.9 Å². The summed E-state index contributed by atoms with van der Waals surface area (Å²) in [6, 6.07) is 12.8. The molecule has 1 heterocycles. The average Bonchev–Trinajstić information content (AvgIpc) is 3.14. The number of nitriles is 1. The molecule has 2 aromatic rings. The van der Waals surface area contributed by atoms with E-state index in [2.05, 4.69) is 53.6 Å². The first-order valence-corrected chi connectivity index (χ1v) is 11.1. The lowest BCUT2D eigenvalue weighted by atomic mass is 9.41. The number of thiazole rings is 1. The van der Waals surface area contributed by atoms with Gasteiger partial charge in [0.15, 0.2) is 5.13 Å². The fourth-order valence-electron chi connectivity index (χ4n) is 6.69. The predicted molar refractivity (Wildman–Crippen MR) is 110 cm³/mol. The van der Waals surface area contributed by atoms with Crippen molar-refractivity contribution in [3.63, 3.8) is 0 Å². The number of hydrogen-bond acceptors (Lipinski definition) is 4. The standard InChI is InChI=1S/C23H25N3OS/c1-14-15-7-18-9-16(14)10-19(8-15)23(18,17-5-3-2-4-6-17)11-21(27)26-22-25-13-20(12-24)28-22/h2-6,13-16,18-19H,7-11H2,1H3,(H,25,26,27). The highest BCUT2D eigenvalue weighted by atomic mass is 32.1. The number of nitrogens with zero attached hydrogens (tertiary/aromatic N) is 2. The van der Waals surface area contributed by atoms with E-state index >= 15 is 0 Å². The molecular weight excluding hydrogens is 366 g/mol. The van der Waals surface area contributed by atoms with E-state index in [1.165, 1.54) is 48.8 Å². The third-order valence-electron chi connectivity index (χ3n) is 7.92. The van der Waals surface area contributed by atoms with E-state index in [0.29, 0.717) is 28.3 Å². The maximum Gasteiger partial charge on any atom is 0.227 e. The van der Waals surface area contributed by atoms with Crippen molar-refractivity contribution in [3.8, 4) is 6.07 Å². The fourth-order valence-corrected chi connectivity index (χ4v) is 7.32. The lowest BCUT2D eigenvalue weighted by molar-refractivity contribution is -0.128. The molecule has 4 aliphatic rings. The van der Waals surface area contributed by atoms with Gasteiger partial charge in [-0.3, -0.25) is 4.79 Å². The van der Waals surface area contributed by atoms with Crippen LogP contribution in [0.4, 0.5) is 5.13 Å². The molecule has 0 saturated heterocycles. The van der Waals surface area contributed by atoms with E-state index in [1.54, 1.807) is 0 Å². The normalized spacial score (nSPS) is 35.5. The van der Waals surface area contributed by atoms with Gasteiger partial charge in [0, 0.05) is 11.8 Å². The minimum Gasteiger partial charge on any atom is -0.302 e. The van der Waals surface area contributed by atoms with Crippen LogP contribution in [0.2, 0.25) is 0 Å². The summed E-state index contributed by atoms with van der Waals surface area (Å²) in [6.45, 7) is 2.44. The van der Waals surface area contributed by atoms with Crippen molar-refractivity contribution in [2.75, 3.05) is 5.32 Å². The SMILES string of the molecule is CC1C2CC3CC1CC(C2)C3(CC(=O)Nc1ncc(C#N)s1)c1ccccc1. The first kappa shape index (κ1) is 17.9. The Hall–Kier alpha value is -2.19. The largest absolute Gasteiger partial charge is 0.302 e. The Morgan fingerprint density at radius 1 is 1.21 bits per heavy atom. The summed E-state index contributed by atoms with van der Waals surface area (Å²) in [5.41, 5.74) is 1.27. The van der Waals surface area contributed by atoms with Gasteiger partial charge < -0.3 is 5.32 Å². The third kappa shape index (κ3) is 2.69. The van der Waals surface area contributed by atoms with E-state index < -0.39 is 0 Å². The lowest BCUT2D eigenvalue weighted by Gasteiger charge is -2.63. The van der Waals surface area contributed by atoms with Gasteiger partial charge in [-0.2, -0.15) is 5.26 Å². The second-order valence-electron chi connectivity index (χ2n) is 8.99. The number of carbonyl (C=O) groups excluding carboxylic acids is 1. The van der Waals surface area contributed by atoms with Gasteiger partial charge in [0.1, 0.15) is 10.9 Å². The molecule has 0 spiro atoms. The summed E-state index contributed by atoms with van der Waals surface area (Å²) in [4.78, 5) is 17.8. The molecular formula is C23H25N3OS. The van der Waals surface area contributed by atoms with Crippen LogP contribution >= 0.6 is 11.3 Å². The van der Waals surface area contributed by atoms with Crippen LogP contribution in [0.1, 0.15) is 49.5 Å². The molecule has 28 heavy (non-hydrogen) atoms. The average molecular weight is 392 g/mol. The first-order valence-electron chi connectivity index (χ1n) is 10.3. The highest BCUT2D eigenvalue weighted by molar-refractivity contribution is 7.16. The third-order valence-corrected chi connectivity index (χ3v) is 8.74. The number of anilines is 1. The summed E-state index contributed by atoms with van der Waals surface area (Å²) in [5.74, 6) is 3.72. The molecule has 4 bridgehead atoms. The molecule has 4 nitrogen and oxygen atoms in total. The van der Waals surface area contributed by atoms with Gasteiger partial charge in [-0.25, -0.2) is 4.98 Å². The summed E-state index contributed by atoms with van der Waals surface area (Å²) < 4.78 is 0. The fraction of sp³-hybridized carbons (Fsp3) is 0.522. The Morgan fingerprint density at radius 2 is 1.86 bits per heavy atom. The molecule has 6 rings (SSSR count). The number of amides is 1. The van der Waals surface area contributed by atoms with Crippen molar-refractivity contribution in [2.45, 2.75) is 44.4 Å². The summed E-state index contributed by atoms with van der Waals surface area (Å²) in [5, 5.41) is 12.5. The van der Waals surface area contributed by atoms with Gasteiger partial charge in [0.2, 0.25) is 5.91 Å². The predicted octanol–water partition coefficient (Wildman–Crippen LogP) is 4.98. The van der Waals surface area contributed by atoms with Gasteiger partial charge in [-0.05, 0) is 60.8 Å². The Bertz CT molecular complexity index is 899. The molecule has 1 amide bonds. The van der Waals surface area contributed by atoms with Crippen molar-refractivity contribution in [2.24, 2.45) is 29.6 Å². The van der Waals surface area contributed by atoms with E-state index in [4.69, 9.17) is 5.26 Å². The van der Waals surface area contributed by atoms with E-state index in [0.717, 1.165) is 17.8 Å². The Morgan fingerprint density at radius 3 is 2.43 bits per heavy atom. The van der Waals surface area contributed by atoms with Crippen LogP contribution < -0.4 is 5.32 Å². The number of aromatic nitrogens is 1. The van der Waals surface area contributed by atoms with Crippen LogP contribution in [0.25, 0.3) is 0 Å². The maximum atomic E-state index is 13.1. The molecule has 4 aliphatic carbocycles. The topological polar surface area (TPSA) is 65.8 Å². The molecule has 0 atom stereocenters.